The van der Waals surface area contributed by atoms with Crippen molar-refractivity contribution in [2.24, 2.45) is 5.92 Å². The lowest BCUT2D eigenvalue weighted by Gasteiger charge is -2.10. The topological polar surface area (TPSA) is 20.2 Å². The van der Waals surface area contributed by atoms with Gasteiger partial charge in [0, 0.05) is 6.61 Å². The molecule has 0 bridgehead atoms. The molecule has 0 heterocycles. The van der Waals surface area contributed by atoms with Crippen LogP contribution < -0.4 is 0 Å². The summed E-state index contributed by atoms with van der Waals surface area (Å²) >= 11 is 0. The summed E-state index contributed by atoms with van der Waals surface area (Å²) in [6, 6.07) is 15.2. The SMILES string of the molecule is C[C@H](CO)Cc1cc(F)cc(Cc2ccccc2)c1. The first-order valence-electron chi connectivity index (χ1n) is 6.60. The minimum absolute atomic E-state index is 0.129. The molecule has 0 saturated carbocycles. The standard InChI is InChI=1S/C17H19FO/c1-13(12-19)7-15-9-16(11-17(18)10-15)8-14-5-3-2-4-6-14/h2-6,9-11,13,19H,7-8,12H2,1H3/t13-/m0/s1. The average Bonchev–Trinajstić information content (AvgIpc) is 2.39. The minimum Gasteiger partial charge on any atom is -0.396 e. The van der Waals surface area contributed by atoms with Crippen LogP contribution in [0.15, 0.2) is 48.5 Å². The van der Waals surface area contributed by atoms with Gasteiger partial charge in [-0.05, 0) is 47.6 Å². The third kappa shape index (κ3) is 4.18. The van der Waals surface area contributed by atoms with Crippen molar-refractivity contribution in [3.63, 3.8) is 0 Å². The Morgan fingerprint density at radius 2 is 1.68 bits per heavy atom. The van der Waals surface area contributed by atoms with Crippen molar-refractivity contribution in [2.45, 2.75) is 19.8 Å². The fourth-order valence-corrected chi connectivity index (χ4v) is 2.24. The predicted octanol–water partition coefficient (Wildman–Crippen LogP) is 3.59. The number of rotatable bonds is 5. The molecule has 100 valence electrons. The van der Waals surface area contributed by atoms with Gasteiger partial charge in [-0.25, -0.2) is 4.39 Å². The first kappa shape index (κ1) is 13.8. The molecule has 19 heavy (non-hydrogen) atoms. The van der Waals surface area contributed by atoms with Gasteiger partial charge in [0.15, 0.2) is 0 Å². The third-order valence-electron chi connectivity index (χ3n) is 3.16. The van der Waals surface area contributed by atoms with Crippen LogP contribution in [0.3, 0.4) is 0 Å². The first-order valence-corrected chi connectivity index (χ1v) is 6.60. The molecule has 0 amide bonds. The summed E-state index contributed by atoms with van der Waals surface area (Å²) in [5.41, 5.74) is 3.10. The maximum Gasteiger partial charge on any atom is 0.123 e. The zero-order chi connectivity index (χ0) is 13.7. The van der Waals surface area contributed by atoms with Crippen LogP contribution in [0, 0.1) is 11.7 Å². The van der Waals surface area contributed by atoms with Gasteiger partial charge in [-0.1, -0.05) is 43.3 Å². The molecular formula is C17H19FO. The summed E-state index contributed by atoms with van der Waals surface area (Å²) in [6.07, 6.45) is 1.44. The molecule has 0 radical (unpaired) electrons. The van der Waals surface area contributed by atoms with Gasteiger partial charge in [0.2, 0.25) is 0 Å². The highest BCUT2D eigenvalue weighted by Gasteiger charge is 2.06. The monoisotopic (exact) mass is 258 g/mol. The zero-order valence-electron chi connectivity index (χ0n) is 11.1. The highest BCUT2D eigenvalue weighted by molar-refractivity contribution is 5.30. The second kappa shape index (κ2) is 6.48. The van der Waals surface area contributed by atoms with Crippen molar-refractivity contribution in [2.75, 3.05) is 6.61 Å². The Bertz CT molecular complexity index is 522. The van der Waals surface area contributed by atoms with E-state index in [1.165, 1.54) is 5.56 Å². The molecule has 0 unspecified atom stereocenters. The summed E-state index contributed by atoms with van der Waals surface area (Å²) in [4.78, 5) is 0. The molecule has 0 aliphatic rings. The van der Waals surface area contributed by atoms with Gasteiger partial charge in [-0.15, -0.1) is 0 Å². The van der Waals surface area contributed by atoms with Gasteiger partial charge in [0.05, 0.1) is 0 Å². The normalized spacial score (nSPS) is 12.4. The predicted molar refractivity (Wildman–Crippen MR) is 75.6 cm³/mol. The lowest BCUT2D eigenvalue weighted by molar-refractivity contribution is 0.237. The minimum atomic E-state index is -0.200. The summed E-state index contributed by atoms with van der Waals surface area (Å²) in [5.74, 6) is -0.0417. The highest BCUT2D eigenvalue weighted by Crippen LogP contribution is 2.16. The molecule has 0 spiro atoms. The summed E-state index contributed by atoms with van der Waals surface area (Å²) < 4.78 is 13.6. The number of aliphatic hydroxyl groups excluding tert-OH is 1. The van der Waals surface area contributed by atoms with Crippen LogP contribution in [-0.2, 0) is 12.8 Å². The van der Waals surface area contributed by atoms with Crippen molar-refractivity contribution < 1.29 is 9.50 Å². The zero-order valence-corrected chi connectivity index (χ0v) is 11.1. The Morgan fingerprint density at radius 1 is 1.00 bits per heavy atom. The number of hydrogen-bond donors (Lipinski definition) is 1. The van der Waals surface area contributed by atoms with Crippen LogP contribution in [-0.4, -0.2) is 11.7 Å². The molecule has 2 heteroatoms. The molecule has 0 aliphatic heterocycles. The molecule has 0 aromatic heterocycles. The van der Waals surface area contributed by atoms with Gasteiger partial charge in [-0.3, -0.25) is 0 Å². The number of hydrogen-bond acceptors (Lipinski definition) is 1. The van der Waals surface area contributed by atoms with Crippen LogP contribution in [0.4, 0.5) is 4.39 Å². The van der Waals surface area contributed by atoms with E-state index in [1.807, 2.05) is 43.3 Å². The second-order valence-corrected chi connectivity index (χ2v) is 5.12. The van der Waals surface area contributed by atoms with E-state index < -0.39 is 0 Å². The molecule has 0 aliphatic carbocycles. The third-order valence-corrected chi connectivity index (χ3v) is 3.16. The first-order chi connectivity index (χ1) is 9.17. The fourth-order valence-electron chi connectivity index (χ4n) is 2.24. The van der Waals surface area contributed by atoms with Gasteiger partial charge < -0.3 is 5.11 Å². The van der Waals surface area contributed by atoms with Crippen LogP contribution in [0.5, 0.6) is 0 Å². The molecule has 1 atom stereocenters. The van der Waals surface area contributed by atoms with Gasteiger partial charge in [0.1, 0.15) is 5.82 Å². The largest absolute Gasteiger partial charge is 0.396 e. The van der Waals surface area contributed by atoms with Crippen molar-refractivity contribution in [1.29, 1.82) is 0 Å². The van der Waals surface area contributed by atoms with Gasteiger partial charge in [-0.2, -0.15) is 0 Å². The Labute approximate surface area is 113 Å². The second-order valence-electron chi connectivity index (χ2n) is 5.12. The molecule has 0 saturated heterocycles. The number of benzene rings is 2. The van der Waals surface area contributed by atoms with E-state index in [-0.39, 0.29) is 18.3 Å². The summed E-state index contributed by atoms with van der Waals surface area (Å²) in [7, 11) is 0. The quantitative estimate of drug-likeness (QED) is 0.869. The van der Waals surface area contributed by atoms with Crippen molar-refractivity contribution in [1.82, 2.24) is 0 Å². The van der Waals surface area contributed by atoms with Crippen molar-refractivity contribution in [3.05, 3.63) is 71.0 Å². The summed E-state index contributed by atoms with van der Waals surface area (Å²) in [5, 5.41) is 9.08. The number of halogens is 1. The van der Waals surface area contributed by atoms with E-state index in [1.54, 1.807) is 12.1 Å². The van der Waals surface area contributed by atoms with E-state index in [4.69, 9.17) is 5.11 Å². The van der Waals surface area contributed by atoms with E-state index in [2.05, 4.69) is 0 Å². The van der Waals surface area contributed by atoms with E-state index in [0.29, 0.717) is 6.42 Å². The molecule has 1 nitrogen and oxygen atoms in total. The Morgan fingerprint density at radius 3 is 2.37 bits per heavy atom. The average molecular weight is 258 g/mol. The van der Waals surface area contributed by atoms with Crippen molar-refractivity contribution in [3.8, 4) is 0 Å². The number of aliphatic hydroxyl groups is 1. The lowest BCUT2D eigenvalue weighted by atomic mass is 9.97. The summed E-state index contributed by atoms with van der Waals surface area (Å²) in [6.45, 7) is 2.09. The molecule has 0 fully saturated rings. The molecule has 2 aromatic rings. The maximum atomic E-state index is 13.6. The van der Waals surface area contributed by atoms with Crippen LogP contribution in [0.25, 0.3) is 0 Å². The highest BCUT2D eigenvalue weighted by atomic mass is 19.1. The van der Waals surface area contributed by atoms with Crippen LogP contribution in [0.1, 0.15) is 23.6 Å². The Balaban J connectivity index is 2.17. The Hall–Kier alpha value is -1.67. The molecule has 2 aromatic carbocycles. The van der Waals surface area contributed by atoms with Gasteiger partial charge >= 0.3 is 0 Å². The smallest absolute Gasteiger partial charge is 0.123 e. The molecule has 1 N–H and O–H groups in total. The molecular weight excluding hydrogens is 239 g/mol. The lowest BCUT2D eigenvalue weighted by Crippen LogP contribution is -2.05. The maximum absolute atomic E-state index is 13.6. The van der Waals surface area contributed by atoms with E-state index in [0.717, 1.165) is 17.5 Å². The van der Waals surface area contributed by atoms with E-state index in [9.17, 15) is 4.39 Å². The molecule has 2 rings (SSSR count). The van der Waals surface area contributed by atoms with Crippen LogP contribution >= 0.6 is 0 Å². The van der Waals surface area contributed by atoms with E-state index >= 15 is 0 Å². The van der Waals surface area contributed by atoms with Crippen LogP contribution in [0.2, 0.25) is 0 Å². The van der Waals surface area contributed by atoms with Gasteiger partial charge in [0.25, 0.3) is 0 Å². The van der Waals surface area contributed by atoms with Crippen molar-refractivity contribution >= 4 is 0 Å². The fraction of sp³-hybridized carbons (Fsp3) is 0.294. The Kier molecular flexibility index (Phi) is 4.69.